The van der Waals surface area contributed by atoms with Gasteiger partial charge in [-0.1, -0.05) is 58.4 Å². The largest absolute Gasteiger partial charge is 0.478 e. The molecule has 0 unspecified atom stereocenters. The van der Waals surface area contributed by atoms with Crippen LogP contribution >= 0.6 is 0 Å². The fraction of sp³-hybridized carbons (Fsp3) is 0.529. The number of unbranched alkanes of at least 4 members (excludes halogenated alkanes) is 5. The molecule has 0 atom stereocenters. The molecule has 21 heavy (non-hydrogen) atoms. The highest BCUT2D eigenvalue weighted by Gasteiger charge is 2.13. The zero-order valence-corrected chi connectivity index (χ0v) is 13.2. The summed E-state index contributed by atoms with van der Waals surface area (Å²) in [5, 5.41) is 17.4. The molecule has 0 radical (unpaired) electrons. The van der Waals surface area contributed by atoms with E-state index in [1.807, 2.05) is 0 Å². The summed E-state index contributed by atoms with van der Waals surface area (Å²) in [6.07, 6.45) is 8.49. The second-order valence-corrected chi connectivity index (χ2v) is 5.00. The van der Waals surface area contributed by atoms with Gasteiger partial charge < -0.3 is 10.2 Å². The predicted molar refractivity (Wildman–Crippen MR) is 84.1 cm³/mol. The summed E-state index contributed by atoms with van der Waals surface area (Å²) in [6.45, 7) is 5.99. The molecule has 1 rings (SSSR count). The summed E-state index contributed by atoms with van der Waals surface area (Å²) in [7, 11) is 0. The normalized spacial score (nSPS) is 9.67. The topological polar surface area (TPSA) is 74.6 Å². The predicted octanol–water partition coefficient (Wildman–Crippen LogP) is 4.76. The van der Waals surface area contributed by atoms with Crippen LogP contribution in [0.2, 0.25) is 0 Å². The van der Waals surface area contributed by atoms with Gasteiger partial charge in [0.05, 0.1) is 11.1 Å². The molecule has 0 fully saturated rings. The Morgan fingerprint density at radius 3 is 1.52 bits per heavy atom. The van der Waals surface area contributed by atoms with Gasteiger partial charge in [-0.3, -0.25) is 0 Å². The molecule has 0 aliphatic rings. The Bertz CT molecular complexity index is 414. The van der Waals surface area contributed by atoms with E-state index in [1.54, 1.807) is 0 Å². The lowest BCUT2D eigenvalue weighted by molar-refractivity contribution is 0.0696. The van der Waals surface area contributed by atoms with Crippen molar-refractivity contribution in [3.05, 3.63) is 34.9 Å². The smallest absolute Gasteiger partial charge is 0.335 e. The summed E-state index contributed by atoms with van der Waals surface area (Å²) >= 11 is 0. The van der Waals surface area contributed by atoms with E-state index in [0.717, 1.165) is 0 Å². The molecule has 0 aliphatic heterocycles. The van der Waals surface area contributed by atoms with Gasteiger partial charge in [-0.2, -0.15) is 0 Å². The van der Waals surface area contributed by atoms with Crippen molar-refractivity contribution < 1.29 is 19.8 Å². The van der Waals surface area contributed by atoms with Gasteiger partial charge in [0.1, 0.15) is 0 Å². The van der Waals surface area contributed by atoms with Gasteiger partial charge in [0.2, 0.25) is 0 Å². The van der Waals surface area contributed by atoms with Crippen molar-refractivity contribution in [2.24, 2.45) is 0 Å². The summed E-state index contributed by atoms with van der Waals surface area (Å²) in [6, 6.07) is 4.17. The van der Waals surface area contributed by atoms with E-state index in [9.17, 15) is 9.59 Å². The molecule has 118 valence electrons. The minimum Gasteiger partial charge on any atom is -0.478 e. The molecule has 0 amide bonds. The molecule has 0 saturated heterocycles. The van der Waals surface area contributed by atoms with E-state index < -0.39 is 11.9 Å². The fourth-order valence-corrected chi connectivity index (χ4v) is 1.95. The van der Waals surface area contributed by atoms with Crippen molar-refractivity contribution in [1.29, 1.82) is 0 Å². The molecule has 0 aromatic heterocycles. The van der Waals surface area contributed by atoms with Crippen molar-refractivity contribution >= 4 is 11.9 Å². The Morgan fingerprint density at radius 2 is 1.24 bits per heavy atom. The van der Waals surface area contributed by atoms with E-state index in [2.05, 4.69) is 13.8 Å². The highest BCUT2D eigenvalue weighted by Crippen LogP contribution is 2.13. The number of carbonyl (C=O) groups is 2. The molecule has 0 spiro atoms. The molecule has 0 aliphatic carbocycles. The molecular formula is C17H26O4. The minimum absolute atomic E-state index is 0.0277. The summed E-state index contributed by atoms with van der Waals surface area (Å²) in [5.41, 5.74) is 0.335. The molecule has 1 aromatic rings. The highest BCUT2D eigenvalue weighted by molar-refractivity contribution is 5.96. The van der Waals surface area contributed by atoms with E-state index in [4.69, 9.17) is 10.2 Å². The lowest BCUT2D eigenvalue weighted by Gasteiger charge is -2.03. The van der Waals surface area contributed by atoms with Gasteiger partial charge in [-0.05, 0) is 24.6 Å². The van der Waals surface area contributed by atoms with Gasteiger partial charge in [0.15, 0.2) is 0 Å². The highest BCUT2D eigenvalue weighted by atomic mass is 16.4. The first-order valence-electron chi connectivity index (χ1n) is 7.51. The van der Waals surface area contributed by atoms with Crippen LogP contribution in [0.4, 0.5) is 0 Å². The Balaban J connectivity index is 0.000000433. The maximum absolute atomic E-state index is 10.6. The van der Waals surface area contributed by atoms with Crippen LogP contribution in [0.1, 0.15) is 78.7 Å². The van der Waals surface area contributed by atoms with Gasteiger partial charge >= 0.3 is 11.9 Å². The Morgan fingerprint density at radius 1 is 0.857 bits per heavy atom. The first-order valence-corrected chi connectivity index (χ1v) is 7.51. The number of benzene rings is 1. The summed E-state index contributed by atoms with van der Waals surface area (Å²) in [4.78, 5) is 21.2. The average Bonchev–Trinajstić information content (AvgIpc) is 2.44. The molecule has 4 heteroatoms. The lowest BCUT2D eigenvalue weighted by atomic mass is 10.0. The molecule has 1 aromatic carbocycles. The third-order valence-corrected chi connectivity index (χ3v) is 3.25. The minimum atomic E-state index is -1.11. The second-order valence-electron chi connectivity index (χ2n) is 5.00. The molecule has 0 saturated carbocycles. The van der Waals surface area contributed by atoms with Crippen LogP contribution in [-0.4, -0.2) is 22.2 Å². The maximum Gasteiger partial charge on any atom is 0.335 e. The Kier molecular flexibility index (Phi) is 9.94. The van der Waals surface area contributed by atoms with E-state index in [-0.39, 0.29) is 16.7 Å². The SMILES string of the molecule is CCCCCCCC.Cc1c(C(=O)O)cccc1C(=O)O. The zero-order valence-electron chi connectivity index (χ0n) is 13.2. The van der Waals surface area contributed by atoms with Crippen molar-refractivity contribution in [1.82, 2.24) is 0 Å². The average molecular weight is 294 g/mol. The monoisotopic (exact) mass is 294 g/mol. The molecular weight excluding hydrogens is 268 g/mol. The number of rotatable bonds is 7. The van der Waals surface area contributed by atoms with Gasteiger partial charge in [0, 0.05) is 0 Å². The van der Waals surface area contributed by atoms with E-state index in [0.29, 0.717) is 0 Å². The van der Waals surface area contributed by atoms with Gasteiger partial charge in [0.25, 0.3) is 0 Å². The van der Waals surface area contributed by atoms with Gasteiger partial charge in [-0.15, -0.1) is 0 Å². The molecule has 2 N–H and O–H groups in total. The Hall–Kier alpha value is -1.84. The Labute approximate surface area is 126 Å². The molecule has 4 nitrogen and oxygen atoms in total. The first-order chi connectivity index (χ1) is 9.95. The fourth-order valence-electron chi connectivity index (χ4n) is 1.95. The second kappa shape index (κ2) is 10.9. The van der Waals surface area contributed by atoms with Crippen LogP contribution in [0.25, 0.3) is 0 Å². The van der Waals surface area contributed by atoms with Crippen molar-refractivity contribution in [2.75, 3.05) is 0 Å². The number of carboxylic acid groups (broad SMARTS) is 2. The number of aromatic carboxylic acids is 2. The van der Waals surface area contributed by atoms with E-state index >= 15 is 0 Å². The van der Waals surface area contributed by atoms with Crippen molar-refractivity contribution in [3.63, 3.8) is 0 Å². The first kappa shape index (κ1) is 19.2. The standard InChI is InChI=1S/C9H8O4.C8H18/c1-5-6(8(10)11)3-2-4-7(5)9(12)13;1-3-5-7-8-6-4-2/h2-4H,1H3,(H,10,11)(H,12,13);3-8H2,1-2H3. The number of carboxylic acids is 2. The van der Waals surface area contributed by atoms with Crippen LogP contribution in [-0.2, 0) is 0 Å². The quantitative estimate of drug-likeness (QED) is 0.711. The van der Waals surface area contributed by atoms with Crippen molar-refractivity contribution in [2.45, 2.75) is 59.3 Å². The number of hydrogen-bond donors (Lipinski definition) is 2. The third kappa shape index (κ3) is 7.49. The third-order valence-electron chi connectivity index (χ3n) is 3.25. The zero-order chi connectivity index (χ0) is 16.3. The maximum atomic E-state index is 10.6. The summed E-state index contributed by atoms with van der Waals surface area (Å²) < 4.78 is 0. The van der Waals surface area contributed by atoms with E-state index in [1.165, 1.54) is 63.6 Å². The van der Waals surface area contributed by atoms with Crippen LogP contribution in [0.3, 0.4) is 0 Å². The van der Waals surface area contributed by atoms with Crippen LogP contribution in [0.5, 0.6) is 0 Å². The number of hydrogen-bond acceptors (Lipinski definition) is 2. The lowest BCUT2D eigenvalue weighted by Crippen LogP contribution is -2.06. The van der Waals surface area contributed by atoms with Crippen LogP contribution in [0.15, 0.2) is 18.2 Å². The summed E-state index contributed by atoms with van der Waals surface area (Å²) in [5.74, 6) is -2.22. The van der Waals surface area contributed by atoms with Crippen molar-refractivity contribution in [3.8, 4) is 0 Å². The van der Waals surface area contributed by atoms with Crippen LogP contribution < -0.4 is 0 Å². The van der Waals surface area contributed by atoms with Crippen LogP contribution in [0, 0.1) is 6.92 Å². The van der Waals surface area contributed by atoms with Gasteiger partial charge in [-0.25, -0.2) is 9.59 Å². The molecule has 0 bridgehead atoms. The molecule has 0 heterocycles.